The largest absolute Gasteiger partial charge is 0.481 e. The van der Waals surface area contributed by atoms with E-state index in [4.69, 9.17) is 9.84 Å². The van der Waals surface area contributed by atoms with Gasteiger partial charge in [0.1, 0.15) is 6.61 Å². The van der Waals surface area contributed by atoms with Crippen LogP contribution < -0.4 is 10.1 Å². The number of carboxylic acid groups (broad SMARTS) is 1. The SMILES string of the molecule is O=C(O)CC[C@H](NC(=O)C1CCCCN(C(=O)C2CCCC2)C1)C(=O)COc1c(F)c(F)cc(F)c1F. The topological polar surface area (TPSA) is 113 Å². The molecule has 2 N–H and O–H groups in total. The van der Waals surface area contributed by atoms with E-state index in [2.05, 4.69) is 5.32 Å². The molecule has 12 heteroatoms. The Bertz CT molecular complexity index is 1000. The van der Waals surface area contributed by atoms with Crippen molar-refractivity contribution in [1.29, 1.82) is 0 Å². The monoisotopic (exact) mass is 530 g/mol. The van der Waals surface area contributed by atoms with Crippen LogP contribution in [0.5, 0.6) is 5.75 Å². The molecular weight excluding hydrogens is 500 g/mol. The Hall–Kier alpha value is -3.18. The van der Waals surface area contributed by atoms with Crippen molar-refractivity contribution in [2.24, 2.45) is 11.8 Å². The van der Waals surface area contributed by atoms with E-state index in [1.165, 1.54) is 0 Å². The molecule has 1 aromatic rings. The van der Waals surface area contributed by atoms with Crippen LogP contribution in [0.4, 0.5) is 17.6 Å². The van der Waals surface area contributed by atoms with Crippen molar-refractivity contribution >= 4 is 23.6 Å². The standard InChI is InChI=1S/C25H30F4N2O6/c26-16-11-17(27)22(29)23(21(16)28)37-13-19(32)18(8-9-20(33)34)30-24(35)15-7-3-4-10-31(12-15)25(36)14-5-1-2-6-14/h11,14-15,18H,1-10,12-13H2,(H,30,35)(H,33,34)/t15?,18-/m0/s1. The maximum Gasteiger partial charge on any atom is 0.303 e. The third kappa shape index (κ3) is 7.42. The minimum absolute atomic E-state index is 0.00971. The highest BCUT2D eigenvalue weighted by atomic mass is 19.2. The summed E-state index contributed by atoms with van der Waals surface area (Å²) in [5.74, 6) is -12.0. The van der Waals surface area contributed by atoms with E-state index in [1.54, 1.807) is 4.90 Å². The molecular formula is C25H30F4N2O6. The molecule has 0 aromatic heterocycles. The van der Waals surface area contributed by atoms with Gasteiger partial charge in [0.15, 0.2) is 23.2 Å². The van der Waals surface area contributed by atoms with Crippen LogP contribution in [0.3, 0.4) is 0 Å². The summed E-state index contributed by atoms with van der Waals surface area (Å²) < 4.78 is 59.2. The summed E-state index contributed by atoms with van der Waals surface area (Å²) >= 11 is 0. The fraction of sp³-hybridized carbons (Fsp3) is 0.600. The molecule has 1 heterocycles. The van der Waals surface area contributed by atoms with Gasteiger partial charge in [0.25, 0.3) is 0 Å². The summed E-state index contributed by atoms with van der Waals surface area (Å²) in [6.45, 7) is -0.385. The summed E-state index contributed by atoms with van der Waals surface area (Å²) in [5.41, 5.74) is 0. The van der Waals surface area contributed by atoms with Gasteiger partial charge >= 0.3 is 5.97 Å². The number of hydrogen-bond donors (Lipinski definition) is 2. The normalized spacial score (nSPS) is 19.2. The smallest absolute Gasteiger partial charge is 0.303 e. The van der Waals surface area contributed by atoms with Gasteiger partial charge in [-0.15, -0.1) is 0 Å². The van der Waals surface area contributed by atoms with Gasteiger partial charge in [0, 0.05) is 31.5 Å². The van der Waals surface area contributed by atoms with Crippen LogP contribution in [0.15, 0.2) is 6.07 Å². The number of Topliss-reactive ketones (excluding diaryl/α,β-unsaturated/α-hetero) is 1. The summed E-state index contributed by atoms with van der Waals surface area (Å²) in [6, 6.07) is -1.40. The molecule has 1 aromatic carbocycles. The lowest BCUT2D eigenvalue weighted by Gasteiger charge is -2.27. The number of benzene rings is 1. The number of hydrogen-bond acceptors (Lipinski definition) is 5. The number of ether oxygens (including phenoxy) is 1. The molecule has 0 radical (unpaired) electrons. The number of aliphatic carboxylic acids is 1. The Morgan fingerprint density at radius 2 is 1.57 bits per heavy atom. The number of rotatable bonds is 10. The van der Waals surface area contributed by atoms with Gasteiger partial charge in [-0.2, -0.15) is 8.78 Å². The summed E-state index contributed by atoms with van der Waals surface area (Å²) in [4.78, 5) is 51.4. The predicted molar refractivity (Wildman–Crippen MR) is 121 cm³/mol. The van der Waals surface area contributed by atoms with Crippen LogP contribution in [0.25, 0.3) is 0 Å². The van der Waals surface area contributed by atoms with E-state index in [1.807, 2.05) is 0 Å². The Balaban J connectivity index is 1.67. The van der Waals surface area contributed by atoms with Crippen LogP contribution in [-0.2, 0) is 19.2 Å². The zero-order chi connectivity index (χ0) is 27.1. The zero-order valence-electron chi connectivity index (χ0n) is 20.2. The molecule has 1 aliphatic carbocycles. The summed E-state index contributed by atoms with van der Waals surface area (Å²) in [6.07, 6.45) is 4.59. The van der Waals surface area contributed by atoms with Crippen LogP contribution >= 0.6 is 0 Å². The van der Waals surface area contributed by atoms with Gasteiger partial charge in [0.05, 0.1) is 12.0 Å². The Morgan fingerprint density at radius 1 is 0.973 bits per heavy atom. The van der Waals surface area contributed by atoms with Gasteiger partial charge in [-0.1, -0.05) is 19.3 Å². The van der Waals surface area contributed by atoms with Crippen molar-refractivity contribution in [2.75, 3.05) is 19.7 Å². The first-order valence-electron chi connectivity index (χ1n) is 12.4. The highest BCUT2D eigenvalue weighted by Gasteiger charge is 2.33. The molecule has 2 aliphatic rings. The van der Waals surface area contributed by atoms with Crippen molar-refractivity contribution in [1.82, 2.24) is 10.2 Å². The first-order valence-corrected chi connectivity index (χ1v) is 12.4. The molecule has 0 bridgehead atoms. The minimum atomic E-state index is -1.83. The summed E-state index contributed by atoms with van der Waals surface area (Å²) in [7, 11) is 0. The fourth-order valence-corrected chi connectivity index (χ4v) is 4.78. The van der Waals surface area contributed by atoms with E-state index >= 15 is 0 Å². The Morgan fingerprint density at radius 3 is 2.19 bits per heavy atom. The quantitative estimate of drug-likeness (QED) is 0.354. The molecule has 8 nitrogen and oxygen atoms in total. The Kier molecular flexibility index (Phi) is 9.87. The first kappa shape index (κ1) is 28.4. The zero-order valence-corrected chi connectivity index (χ0v) is 20.2. The lowest BCUT2D eigenvalue weighted by molar-refractivity contribution is -0.139. The molecule has 37 heavy (non-hydrogen) atoms. The van der Waals surface area contributed by atoms with E-state index in [9.17, 15) is 36.7 Å². The van der Waals surface area contributed by atoms with Gasteiger partial charge in [-0.25, -0.2) is 8.78 Å². The van der Waals surface area contributed by atoms with Crippen LogP contribution in [-0.4, -0.2) is 59.3 Å². The fourth-order valence-electron chi connectivity index (χ4n) is 4.78. The van der Waals surface area contributed by atoms with E-state index in [0.29, 0.717) is 19.4 Å². The maximum atomic E-state index is 13.9. The van der Waals surface area contributed by atoms with Gasteiger partial charge in [0.2, 0.25) is 23.4 Å². The molecule has 2 amide bonds. The number of likely N-dealkylation sites (tertiary alicyclic amines) is 1. The van der Waals surface area contributed by atoms with Gasteiger partial charge in [-0.3, -0.25) is 19.2 Å². The number of halogens is 4. The second-order valence-electron chi connectivity index (χ2n) is 9.50. The molecule has 2 fully saturated rings. The number of ketones is 1. The van der Waals surface area contributed by atoms with Crippen molar-refractivity contribution in [3.05, 3.63) is 29.3 Å². The minimum Gasteiger partial charge on any atom is -0.481 e. The molecule has 204 valence electrons. The molecule has 1 saturated heterocycles. The van der Waals surface area contributed by atoms with E-state index < -0.39 is 71.7 Å². The lowest BCUT2D eigenvalue weighted by Crippen LogP contribution is -2.48. The molecule has 1 saturated carbocycles. The van der Waals surface area contributed by atoms with E-state index in [0.717, 1.165) is 32.1 Å². The summed E-state index contributed by atoms with van der Waals surface area (Å²) in [5, 5.41) is 11.5. The van der Waals surface area contributed by atoms with Crippen LogP contribution in [0.2, 0.25) is 0 Å². The van der Waals surface area contributed by atoms with Gasteiger partial charge in [-0.05, 0) is 32.1 Å². The molecule has 3 rings (SSSR count). The van der Waals surface area contributed by atoms with Crippen LogP contribution in [0.1, 0.15) is 57.8 Å². The predicted octanol–water partition coefficient (Wildman–Crippen LogP) is 3.36. The van der Waals surface area contributed by atoms with Crippen molar-refractivity contribution in [3.8, 4) is 5.75 Å². The molecule has 1 unspecified atom stereocenters. The second kappa shape index (κ2) is 12.9. The van der Waals surface area contributed by atoms with Crippen molar-refractivity contribution < 1.29 is 46.6 Å². The molecule has 0 spiro atoms. The second-order valence-corrected chi connectivity index (χ2v) is 9.50. The number of nitrogens with one attached hydrogen (secondary N) is 1. The number of carbonyl (C=O) groups excluding carboxylic acids is 3. The average molecular weight is 531 g/mol. The van der Waals surface area contributed by atoms with Crippen molar-refractivity contribution in [2.45, 2.75) is 63.8 Å². The third-order valence-corrected chi connectivity index (χ3v) is 6.84. The number of amides is 2. The number of carbonyl (C=O) groups is 4. The number of nitrogens with zero attached hydrogens (tertiary/aromatic N) is 1. The average Bonchev–Trinajstić information content (AvgIpc) is 3.28. The number of carboxylic acids is 1. The molecule has 1 aliphatic heterocycles. The molecule has 2 atom stereocenters. The van der Waals surface area contributed by atoms with Crippen molar-refractivity contribution in [3.63, 3.8) is 0 Å². The third-order valence-electron chi connectivity index (χ3n) is 6.84. The highest BCUT2D eigenvalue weighted by molar-refractivity contribution is 5.91. The van der Waals surface area contributed by atoms with E-state index in [-0.39, 0.29) is 30.9 Å². The lowest BCUT2D eigenvalue weighted by atomic mass is 9.99. The first-order chi connectivity index (χ1) is 17.6. The highest BCUT2D eigenvalue weighted by Crippen LogP contribution is 2.29. The maximum absolute atomic E-state index is 13.9. The van der Waals surface area contributed by atoms with Gasteiger partial charge < -0.3 is 20.1 Å². The van der Waals surface area contributed by atoms with Crippen LogP contribution in [0, 0.1) is 35.1 Å². The Labute approximate surface area is 211 Å².